The van der Waals surface area contributed by atoms with E-state index in [1.54, 1.807) is 0 Å². The molecule has 0 spiro atoms. The summed E-state index contributed by atoms with van der Waals surface area (Å²) in [6, 6.07) is 2.98. The summed E-state index contributed by atoms with van der Waals surface area (Å²) in [6.07, 6.45) is 3.84. The molecule has 22 heavy (non-hydrogen) atoms. The van der Waals surface area contributed by atoms with Gasteiger partial charge in [0.2, 0.25) is 0 Å². The number of nitro benzene ring substituents is 2. The van der Waals surface area contributed by atoms with Gasteiger partial charge in [-0.05, 0) is 18.8 Å². The molecule has 1 aromatic rings. The lowest BCUT2D eigenvalue weighted by atomic mass is 9.87. The Labute approximate surface area is 126 Å². The Morgan fingerprint density at radius 2 is 1.73 bits per heavy atom. The molecule has 0 bridgehead atoms. The number of amides is 1. The molecule has 1 aliphatic rings. The third-order valence-electron chi connectivity index (χ3n) is 3.86. The zero-order valence-electron chi connectivity index (χ0n) is 12.2. The van der Waals surface area contributed by atoms with E-state index in [1.807, 2.05) is 0 Å². The van der Waals surface area contributed by atoms with Crippen LogP contribution in [0.15, 0.2) is 18.2 Å². The summed E-state index contributed by atoms with van der Waals surface area (Å²) in [5.74, 6) is 0.00407. The highest BCUT2D eigenvalue weighted by atomic mass is 16.6. The number of carbonyl (C=O) groups excluding carboxylic acids is 1. The molecule has 0 radical (unpaired) electrons. The topological polar surface area (TPSA) is 115 Å². The largest absolute Gasteiger partial charge is 0.349 e. The van der Waals surface area contributed by atoms with Gasteiger partial charge in [-0.2, -0.15) is 0 Å². The Morgan fingerprint density at radius 3 is 2.23 bits per heavy atom. The first kappa shape index (κ1) is 15.9. The van der Waals surface area contributed by atoms with Gasteiger partial charge in [0, 0.05) is 18.2 Å². The van der Waals surface area contributed by atoms with Crippen LogP contribution in [0, 0.1) is 26.1 Å². The normalized spacial score (nSPS) is 21.1. The van der Waals surface area contributed by atoms with Crippen LogP contribution in [0.1, 0.15) is 43.0 Å². The molecule has 0 aromatic heterocycles. The molecule has 2 rings (SSSR count). The predicted octanol–water partition coefficient (Wildman–Crippen LogP) is 2.81. The van der Waals surface area contributed by atoms with Crippen LogP contribution in [0.5, 0.6) is 0 Å². The van der Waals surface area contributed by atoms with Crippen LogP contribution in [0.2, 0.25) is 0 Å². The summed E-state index contributed by atoms with van der Waals surface area (Å²) in [6.45, 7) is 2.11. The van der Waals surface area contributed by atoms with Gasteiger partial charge in [0.25, 0.3) is 17.3 Å². The number of non-ortho nitro benzene ring substituents is 2. The third kappa shape index (κ3) is 3.78. The maximum absolute atomic E-state index is 12.2. The maximum Gasteiger partial charge on any atom is 0.277 e. The molecule has 1 saturated carbocycles. The van der Waals surface area contributed by atoms with E-state index < -0.39 is 27.1 Å². The summed E-state index contributed by atoms with van der Waals surface area (Å²) >= 11 is 0. The van der Waals surface area contributed by atoms with Crippen molar-refractivity contribution in [1.29, 1.82) is 0 Å². The molecule has 0 heterocycles. The first-order valence-corrected chi connectivity index (χ1v) is 7.11. The van der Waals surface area contributed by atoms with E-state index >= 15 is 0 Å². The van der Waals surface area contributed by atoms with Crippen LogP contribution in [0.25, 0.3) is 0 Å². The van der Waals surface area contributed by atoms with Gasteiger partial charge in [-0.25, -0.2) is 0 Å². The van der Waals surface area contributed by atoms with E-state index in [4.69, 9.17) is 0 Å². The average Bonchev–Trinajstić information content (AvgIpc) is 2.46. The molecule has 8 heteroatoms. The zero-order chi connectivity index (χ0) is 16.3. The Balaban J connectivity index is 2.21. The fraction of sp³-hybridized carbons (Fsp3) is 0.500. The van der Waals surface area contributed by atoms with Crippen molar-refractivity contribution in [2.24, 2.45) is 5.92 Å². The number of hydrogen-bond acceptors (Lipinski definition) is 5. The van der Waals surface area contributed by atoms with Crippen molar-refractivity contribution in [3.8, 4) is 0 Å². The molecule has 118 valence electrons. The van der Waals surface area contributed by atoms with Crippen LogP contribution >= 0.6 is 0 Å². The Morgan fingerprint density at radius 1 is 1.14 bits per heavy atom. The number of nitrogens with zero attached hydrogens (tertiary/aromatic N) is 2. The summed E-state index contributed by atoms with van der Waals surface area (Å²) < 4.78 is 0. The highest BCUT2D eigenvalue weighted by molar-refractivity contribution is 5.95. The van der Waals surface area contributed by atoms with Crippen LogP contribution < -0.4 is 5.32 Å². The van der Waals surface area contributed by atoms with Crippen LogP contribution in [-0.4, -0.2) is 21.8 Å². The molecule has 1 aliphatic carbocycles. The standard InChI is InChI=1S/C14H17N3O5/c1-9-3-2-4-11(5-9)15-14(18)10-6-12(16(19)20)8-13(7-10)17(21)22/h6-9,11H,2-5H2,1H3,(H,15,18)/t9-,11-/m0/s1. The molecular weight excluding hydrogens is 290 g/mol. The van der Waals surface area contributed by atoms with Crippen molar-refractivity contribution >= 4 is 17.3 Å². The molecule has 1 N–H and O–H groups in total. The molecule has 0 saturated heterocycles. The second kappa shape index (κ2) is 6.50. The number of rotatable bonds is 4. The smallest absolute Gasteiger partial charge is 0.277 e. The Hall–Kier alpha value is -2.51. The van der Waals surface area contributed by atoms with E-state index in [1.165, 1.54) is 0 Å². The van der Waals surface area contributed by atoms with Crippen molar-refractivity contribution in [3.63, 3.8) is 0 Å². The van der Waals surface area contributed by atoms with Crippen molar-refractivity contribution in [2.75, 3.05) is 0 Å². The van der Waals surface area contributed by atoms with Gasteiger partial charge in [-0.3, -0.25) is 25.0 Å². The fourth-order valence-corrected chi connectivity index (χ4v) is 2.77. The van der Waals surface area contributed by atoms with E-state index in [0.717, 1.165) is 43.9 Å². The highest BCUT2D eigenvalue weighted by Gasteiger charge is 2.24. The average molecular weight is 307 g/mol. The van der Waals surface area contributed by atoms with Crippen LogP contribution in [0.3, 0.4) is 0 Å². The van der Waals surface area contributed by atoms with Crippen molar-refractivity contribution in [3.05, 3.63) is 44.0 Å². The fourth-order valence-electron chi connectivity index (χ4n) is 2.77. The molecule has 1 aromatic carbocycles. The zero-order valence-corrected chi connectivity index (χ0v) is 12.2. The molecule has 0 aliphatic heterocycles. The quantitative estimate of drug-likeness (QED) is 0.678. The number of hydrogen-bond donors (Lipinski definition) is 1. The minimum absolute atomic E-state index is 0.00886. The number of nitrogens with one attached hydrogen (secondary N) is 1. The van der Waals surface area contributed by atoms with E-state index in [9.17, 15) is 25.0 Å². The third-order valence-corrected chi connectivity index (χ3v) is 3.86. The minimum atomic E-state index is -0.744. The second-order valence-electron chi connectivity index (χ2n) is 5.69. The molecule has 1 amide bonds. The Kier molecular flexibility index (Phi) is 4.69. The van der Waals surface area contributed by atoms with Crippen molar-refractivity contribution in [1.82, 2.24) is 5.32 Å². The highest BCUT2D eigenvalue weighted by Crippen LogP contribution is 2.25. The van der Waals surface area contributed by atoms with Gasteiger partial charge in [0.05, 0.1) is 21.5 Å². The minimum Gasteiger partial charge on any atom is -0.349 e. The van der Waals surface area contributed by atoms with E-state index in [-0.39, 0.29) is 11.6 Å². The van der Waals surface area contributed by atoms with E-state index in [2.05, 4.69) is 12.2 Å². The molecule has 2 atom stereocenters. The first-order valence-electron chi connectivity index (χ1n) is 7.11. The number of carbonyl (C=O) groups is 1. The van der Waals surface area contributed by atoms with E-state index in [0.29, 0.717) is 5.92 Å². The molecule has 8 nitrogen and oxygen atoms in total. The summed E-state index contributed by atoms with van der Waals surface area (Å²) in [5.41, 5.74) is -0.980. The maximum atomic E-state index is 12.2. The summed E-state index contributed by atoms with van der Waals surface area (Å²) in [5, 5.41) is 24.5. The second-order valence-corrected chi connectivity index (χ2v) is 5.69. The lowest BCUT2D eigenvalue weighted by molar-refractivity contribution is -0.394. The van der Waals surface area contributed by atoms with Gasteiger partial charge in [-0.1, -0.05) is 19.8 Å². The monoisotopic (exact) mass is 307 g/mol. The van der Waals surface area contributed by atoms with Gasteiger partial charge < -0.3 is 5.32 Å². The van der Waals surface area contributed by atoms with Gasteiger partial charge in [0.15, 0.2) is 0 Å². The van der Waals surface area contributed by atoms with Crippen LogP contribution in [-0.2, 0) is 0 Å². The van der Waals surface area contributed by atoms with Gasteiger partial charge >= 0.3 is 0 Å². The number of nitro groups is 2. The predicted molar refractivity (Wildman–Crippen MR) is 78.6 cm³/mol. The SMILES string of the molecule is C[C@H]1CCC[C@H](NC(=O)c2cc([N+](=O)[O-])cc([N+](=O)[O-])c2)C1. The van der Waals surface area contributed by atoms with Gasteiger partial charge in [0.1, 0.15) is 0 Å². The lowest BCUT2D eigenvalue weighted by Crippen LogP contribution is -2.38. The summed E-state index contributed by atoms with van der Waals surface area (Å²) in [4.78, 5) is 32.4. The van der Waals surface area contributed by atoms with Gasteiger partial charge in [-0.15, -0.1) is 0 Å². The lowest BCUT2D eigenvalue weighted by Gasteiger charge is -2.27. The molecule has 0 unspecified atom stereocenters. The summed E-state index contributed by atoms with van der Waals surface area (Å²) in [7, 11) is 0. The Bertz CT molecular complexity index is 584. The first-order chi connectivity index (χ1) is 10.4. The van der Waals surface area contributed by atoms with Crippen molar-refractivity contribution in [2.45, 2.75) is 38.6 Å². The number of benzene rings is 1. The molecular formula is C14H17N3O5. The van der Waals surface area contributed by atoms with Crippen LogP contribution in [0.4, 0.5) is 11.4 Å². The molecule has 1 fully saturated rings. The van der Waals surface area contributed by atoms with Crippen molar-refractivity contribution < 1.29 is 14.6 Å².